The Morgan fingerprint density at radius 2 is 0.694 bits per heavy atom. The molecule has 0 spiro atoms. The summed E-state index contributed by atoms with van der Waals surface area (Å²) in [5, 5.41) is 0. The van der Waals surface area contributed by atoms with Crippen LogP contribution in [0.15, 0.2) is 25.7 Å². The first-order chi connectivity index (χ1) is 24.0. The predicted octanol–water partition coefficient (Wildman–Crippen LogP) is 6.65. The highest BCUT2D eigenvalue weighted by molar-refractivity contribution is 4.87. The van der Waals surface area contributed by atoms with Crippen LogP contribution in [-0.4, -0.2) is 118 Å². The van der Waals surface area contributed by atoms with Gasteiger partial charge in [-0.1, -0.05) is 38.8 Å². The third-order valence-corrected chi connectivity index (χ3v) is 10.8. The summed E-state index contributed by atoms with van der Waals surface area (Å²) in [6, 6.07) is 0. The Morgan fingerprint density at radius 3 is 0.959 bits per heavy atom. The van der Waals surface area contributed by atoms with Crippen molar-refractivity contribution in [2.75, 3.05) is 93.5 Å². The van der Waals surface area contributed by atoms with E-state index in [-0.39, 0.29) is 24.4 Å². The monoisotopic (exact) mass is 696 g/mol. The SMILES string of the molecule is C=COCC(COC)(COCC(COC)(COC1CCCC1)COC1CCCC1)COCC(COC=C)(COC1CCC1)COC1CCC1. The molecule has 0 N–H and O–H groups in total. The zero-order chi connectivity index (χ0) is 34.7. The molecule has 0 amide bonds. The fraction of sp³-hybridized carbons (Fsp3) is 0.897. The summed E-state index contributed by atoms with van der Waals surface area (Å²) in [6.07, 6.45) is 20.2. The third kappa shape index (κ3) is 13.7. The van der Waals surface area contributed by atoms with Crippen molar-refractivity contribution in [2.24, 2.45) is 16.2 Å². The van der Waals surface area contributed by atoms with Gasteiger partial charge in [-0.05, 0) is 64.2 Å². The fourth-order valence-electron chi connectivity index (χ4n) is 7.17. The maximum atomic E-state index is 6.65. The van der Waals surface area contributed by atoms with E-state index in [1.165, 1.54) is 51.0 Å². The van der Waals surface area contributed by atoms with Crippen molar-refractivity contribution in [3.05, 3.63) is 25.7 Å². The van der Waals surface area contributed by atoms with Crippen molar-refractivity contribution in [3.63, 3.8) is 0 Å². The lowest BCUT2D eigenvalue weighted by molar-refractivity contribution is -0.162. The molecule has 4 rings (SSSR count). The first-order valence-corrected chi connectivity index (χ1v) is 19.0. The second kappa shape index (κ2) is 22.0. The summed E-state index contributed by atoms with van der Waals surface area (Å²) in [7, 11) is 3.44. The molecule has 0 aromatic rings. The quantitative estimate of drug-likeness (QED) is 0.0761. The zero-order valence-electron chi connectivity index (χ0n) is 30.8. The lowest BCUT2D eigenvalue weighted by Gasteiger charge is -2.39. The van der Waals surface area contributed by atoms with Crippen LogP contribution in [-0.2, 0) is 47.4 Å². The Hall–Kier alpha value is -1.24. The highest BCUT2D eigenvalue weighted by Crippen LogP contribution is 2.33. The molecule has 0 heterocycles. The van der Waals surface area contributed by atoms with Gasteiger partial charge in [0.05, 0.1) is 132 Å². The van der Waals surface area contributed by atoms with E-state index in [1.54, 1.807) is 14.2 Å². The average Bonchev–Trinajstić information content (AvgIpc) is 3.78. The van der Waals surface area contributed by atoms with Gasteiger partial charge in [-0.3, -0.25) is 0 Å². The molecule has 0 bridgehead atoms. The van der Waals surface area contributed by atoms with E-state index in [0.717, 1.165) is 51.4 Å². The minimum Gasteiger partial charge on any atom is -0.501 e. The first-order valence-electron chi connectivity index (χ1n) is 19.0. The van der Waals surface area contributed by atoms with Crippen LogP contribution < -0.4 is 0 Å². The summed E-state index contributed by atoms with van der Waals surface area (Å²) >= 11 is 0. The van der Waals surface area contributed by atoms with Crippen LogP contribution in [0.2, 0.25) is 0 Å². The molecule has 0 radical (unpaired) electrons. The fourth-order valence-corrected chi connectivity index (χ4v) is 7.17. The van der Waals surface area contributed by atoms with Crippen LogP contribution in [0.4, 0.5) is 0 Å². The molecule has 4 aliphatic rings. The number of rotatable bonds is 30. The molecule has 10 nitrogen and oxygen atoms in total. The molecular weight excluding hydrogens is 628 g/mol. The molecule has 4 saturated carbocycles. The van der Waals surface area contributed by atoms with E-state index < -0.39 is 16.2 Å². The van der Waals surface area contributed by atoms with Gasteiger partial charge in [0, 0.05) is 14.2 Å². The minimum atomic E-state index is -0.602. The predicted molar refractivity (Wildman–Crippen MR) is 189 cm³/mol. The van der Waals surface area contributed by atoms with Crippen molar-refractivity contribution in [2.45, 2.75) is 114 Å². The molecule has 0 aliphatic heterocycles. The van der Waals surface area contributed by atoms with Crippen molar-refractivity contribution in [3.8, 4) is 0 Å². The Kier molecular flexibility index (Phi) is 18.2. The van der Waals surface area contributed by atoms with Gasteiger partial charge in [-0.25, -0.2) is 0 Å². The standard InChI is InChI=1S/C39H68O10/c1-5-42-23-37(21-40-3,26-45-28-39(24-43-6-2,31-48-35-17-11-18-35)32-49-36-19-12-20-36)25-44-27-38(22-41-4,29-46-33-13-7-8-14-33)30-47-34-15-9-10-16-34/h5-6,33-36H,1-2,7-32H2,3-4H3. The Balaban J connectivity index is 1.43. The molecule has 10 heteroatoms. The van der Waals surface area contributed by atoms with Crippen molar-refractivity contribution < 1.29 is 47.4 Å². The summed E-state index contributed by atoms with van der Waals surface area (Å²) in [5.74, 6) is 0. The highest BCUT2D eigenvalue weighted by atomic mass is 16.5. The van der Waals surface area contributed by atoms with Crippen LogP contribution in [0.25, 0.3) is 0 Å². The van der Waals surface area contributed by atoms with Crippen LogP contribution >= 0.6 is 0 Å². The maximum absolute atomic E-state index is 6.65. The topological polar surface area (TPSA) is 92.3 Å². The van der Waals surface area contributed by atoms with E-state index >= 15 is 0 Å². The first kappa shape index (κ1) is 40.5. The smallest absolute Gasteiger partial charge is 0.0995 e. The second-order valence-electron chi connectivity index (χ2n) is 15.5. The molecule has 0 aromatic carbocycles. The van der Waals surface area contributed by atoms with E-state index in [9.17, 15) is 0 Å². The molecule has 0 saturated heterocycles. The van der Waals surface area contributed by atoms with Crippen molar-refractivity contribution in [1.82, 2.24) is 0 Å². The average molecular weight is 697 g/mol. The summed E-state index contributed by atoms with van der Waals surface area (Å²) in [5.41, 5.74) is -1.52. The van der Waals surface area contributed by atoms with Gasteiger partial charge < -0.3 is 47.4 Å². The normalized spacial score (nSPS) is 20.9. The molecule has 49 heavy (non-hydrogen) atoms. The zero-order valence-corrected chi connectivity index (χ0v) is 30.8. The van der Waals surface area contributed by atoms with Gasteiger partial charge in [0.25, 0.3) is 0 Å². The Morgan fingerprint density at radius 1 is 0.408 bits per heavy atom. The van der Waals surface area contributed by atoms with Gasteiger partial charge in [0.15, 0.2) is 0 Å². The van der Waals surface area contributed by atoms with E-state index in [1.807, 2.05) is 0 Å². The molecule has 1 unspecified atom stereocenters. The molecule has 0 aromatic heterocycles. The molecule has 4 aliphatic carbocycles. The van der Waals surface area contributed by atoms with Gasteiger partial charge >= 0.3 is 0 Å². The van der Waals surface area contributed by atoms with Gasteiger partial charge in [-0.15, -0.1) is 0 Å². The molecular formula is C39H68O10. The minimum absolute atomic E-state index is 0.288. The van der Waals surface area contributed by atoms with Crippen molar-refractivity contribution in [1.29, 1.82) is 0 Å². The Labute approximate surface area is 296 Å². The number of methoxy groups -OCH3 is 2. The number of hydrogen-bond acceptors (Lipinski definition) is 10. The highest BCUT2D eigenvalue weighted by Gasteiger charge is 2.41. The number of ether oxygens (including phenoxy) is 10. The lowest BCUT2D eigenvalue weighted by atomic mass is 9.88. The summed E-state index contributed by atoms with van der Waals surface area (Å²) in [6.45, 7) is 12.7. The third-order valence-electron chi connectivity index (χ3n) is 10.8. The van der Waals surface area contributed by atoms with Gasteiger partial charge in [0.2, 0.25) is 0 Å². The second-order valence-corrected chi connectivity index (χ2v) is 15.5. The summed E-state index contributed by atoms with van der Waals surface area (Å²) in [4.78, 5) is 0. The Bertz CT molecular complexity index is 858. The van der Waals surface area contributed by atoms with Crippen molar-refractivity contribution >= 4 is 0 Å². The van der Waals surface area contributed by atoms with E-state index in [4.69, 9.17) is 47.4 Å². The van der Waals surface area contributed by atoms with Crippen LogP contribution in [0.5, 0.6) is 0 Å². The van der Waals surface area contributed by atoms with Crippen LogP contribution in [0.1, 0.15) is 89.9 Å². The van der Waals surface area contributed by atoms with Gasteiger partial charge in [0.1, 0.15) is 0 Å². The van der Waals surface area contributed by atoms with E-state index in [2.05, 4.69) is 13.2 Å². The van der Waals surface area contributed by atoms with Crippen LogP contribution in [0.3, 0.4) is 0 Å². The molecule has 284 valence electrons. The molecule has 4 fully saturated rings. The van der Waals surface area contributed by atoms with Crippen LogP contribution in [0, 0.1) is 16.2 Å². The lowest BCUT2D eigenvalue weighted by Crippen LogP contribution is -2.48. The number of hydrogen-bond donors (Lipinski definition) is 0. The van der Waals surface area contributed by atoms with E-state index in [0.29, 0.717) is 79.3 Å². The summed E-state index contributed by atoms with van der Waals surface area (Å²) < 4.78 is 62.2. The largest absolute Gasteiger partial charge is 0.501 e. The molecule has 1 atom stereocenters. The van der Waals surface area contributed by atoms with Gasteiger partial charge in [-0.2, -0.15) is 0 Å². The maximum Gasteiger partial charge on any atom is 0.0995 e.